The van der Waals surface area contributed by atoms with Crippen LogP contribution in [0.4, 0.5) is 0 Å². The van der Waals surface area contributed by atoms with Gasteiger partial charge in [0.2, 0.25) is 0 Å². The largest absolute Gasteiger partial charge is 0.497 e. The molecule has 6 bridgehead atoms. The van der Waals surface area contributed by atoms with Crippen LogP contribution in [0.25, 0.3) is 79.8 Å². The van der Waals surface area contributed by atoms with Gasteiger partial charge in [0, 0.05) is 33.3 Å². The normalized spacial score (nSPS) is 11.6. The van der Waals surface area contributed by atoms with E-state index in [1.165, 1.54) is 0 Å². The minimum Gasteiger partial charge on any atom is -0.497 e. The van der Waals surface area contributed by atoms with Gasteiger partial charge in [-0.25, -0.2) is 9.97 Å². The summed E-state index contributed by atoms with van der Waals surface area (Å²) in [5.74, 6) is 1.59. The molecule has 0 aliphatic carbocycles. The lowest BCUT2D eigenvalue weighted by Gasteiger charge is -2.07. The summed E-state index contributed by atoms with van der Waals surface area (Å²) in [5, 5.41) is 0. The third kappa shape index (κ3) is 6.41. The first kappa shape index (κ1) is 31.5. The van der Waals surface area contributed by atoms with Crippen LogP contribution in [0.1, 0.15) is 22.8 Å². The molecule has 0 unspecified atom stereocenters. The molecule has 2 aliphatic rings. The Morgan fingerprint density at radius 1 is 0.373 bits per heavy atom. The molecule has 6 aromatic rings. The second kappa shape index (κ2) is 14.0. The van der Waals surface area contributed by atoms with Crippen molar-refractivity contribution in [2.24, 2.45) is 0 Å². The van der Waals surface area contributed by atoms with Crippen LogP contribution >= 0.6 is 0 Å². The Hall–Kier alpha value is -6.72. The maximum Gasteiger partial charge on any atom is 0.118 e. The van der Waals surface area contributed by atoms with Gasteiger partial charge in [-0.1, -0.05) is 109 Å². The van der Waals surface area contributed by atoms with Gasteiger partial charge in [-0.3, -0.25) is 0 Å². The Labute approximate surface area is 297 Å². The van der Waals surface area contributed by atoms with Crippen molar-refractivity contribution in [2.45, 2.75) is 0 Å². The minimum absolute atomic E-state index is 0.796. The maximum absolute atomic E-state index is 5.51. The number of rotatable bonds is 6. The van der Waals surface area contributed by atoms with Gasteiger partial charge < -0.3 is 14.5 Å². The van der Waals surface area contributed by atoms with Crippen molar-refractivity contribution < 1.29 is 9.47 Å². The summed E-state index contributed by atoms with van der Waals surface area (Å²) in [6, 6.07) is 49.8. The molecular weight excluding hydrogens is 627 g/mol. The van der Waals surface area contributed by atoms with E-state index in [0.717, 1.165) is 89.8 Å². The summed E-state index contributed by atoms with van der Waals surface area (Å²) in [6.07, 6.45) is 8.41. The third-order valence-electron chi connectivity index (χ3n) is 9.13. The van der Waals surface area contributed by atoms with E-state index in [4.69, 9.17) is 19.4 Å². The molecule has 0 atom stereocenters. The van der Waals surface area contributed by atoms with Gasteiger partial charge in [0.15, 0.2) is 0 Å². The van der Waals surface area contributed by atoms with Crippen LogP contribution in [-0.2, 0) is 0 Å². The number of aromatic amines is 1. The molecule has 4 heterocycles. The van der Waals surface area contributed by atoms with Gasteiger partial charge in [-0.15, -0.1) is 0 Å². The van der Waals surface area contributed by atoms with Crippen molar-refractivity contribution >= 4 is 35.3 Å². The van der Waals surface area contributed by atoms with Gasteiger partial charge in [0.25, 0.3) is 0 Å². The summed E-state index contributed by atoms with van der Waals surface area (Å²) >= 11 is 0. The van der Waals surface area contributed by atoms with E-state index in [0.29, 0.717) is 0 Å². The van der Waals surface area contributed by atoms with Crippen LogP contribution in [0.3, 0.4) is 0 Å². The number of nitrogens with one attached hydrogen (secondary N) is 1. The Morgan fingerprint density at radius 2 is 0.745 bits per heavy atom. The van der Waals surface area contributed by atoms with Gasteiger partial charge in [0.05, 0.1) is 37.0 Å². The van der Waals surface area contributed by atoms with E-state index < -0.39 is 0 Å². The Kier molecular flexibility index (Phi) is 8.67. The number of fused-ring (bicyclic) bond motifs is 6. The van der Waals surface area contributed by atoms with Crippen LogP contribution in [0.5, 0.6) is 11.5 Å². The minimum atomic E-state index is 0.796. The highest BCUT2D eigenvalue weighted by atomic mass is 16.5. The van der Waals surface area contributed by atoms with E-state index in [1.807, 2.05) is 36.4 Å². The molecule has 4 aromatic carbocycles. The summed E-state index contributed by atoms with van der Waals surface area (Å²) in [4.78, 5) is 14.3. The zero-order chi connectivity index (χ0) is 34.6. The fourth-order valence-electron chi connectivity index (χ4n) is 6.59. The molecule has 0 saturated heterocycles. The van der Waals surface area contributed by atoms with Gasteiger partial charge in [-0.05, 0) is 83.0 Å². The summed E-state index contributed by atoms with van der Waals surface area (Å²) < 4.78 is 11.0. The zero-order valence-electron chi connectivity index (χ0n) is 28.4. The van der Waals surface area contributed by atoms with E-state index >= 15 is 0 Å². The smallest absolute Gasteiger partial charge is 0.118 e. The van der Waals surface area contributed by atoms with Crippen molar-refractivity contribution in [3.05, 3.63) is 168 Å². The number of methoxy groups -OCH3 is 2. The molecule has 5 heteroatoms. The molecule has 0 radical (unpaired) electrons. The molecule has 0 spiro atoms. The number of H-pyrrole nitrogens is 1. The van der Waals surface area contributed by atoms with Crippen LogP contribution in [-0.4, -0.2) is 29.2 Å². The molecule has 5 nitrogen and oxygen atoms in total. The van der Waals surface area contributed by atoms with Crippen molar-refractivity contribution in [1.82, 2.24) is 15.0 Å². The number of nitrogens with zero attached hydrogens (tertiary/aromatic N) is 2. The summed E-state index contributed by atoms with van der Waals surface area (Å²) in [5.41, 5.74) is 13.7. The summed E-state index contributed by atoms with van der Waals surface area (Å²) in [7, 11) is 3.37. The fourth-order valence-corrected chi connectivity index (χ4v) is 6.59. The molecule has 0 saturated carbocycles. The van der Waals surface area contributed by atoms with E-state index in [1.54, 1.807) is 14.2 Å². The van der Waals surface area contributed by atoms with Crippen LogP contribution in [0, 0.1) is 0 Å². The van der Waals surface area contributed by atoms with Crippen LogP contribution in [0.15, 0.2) is 146 Å². The van der Waals surface area contributed by atoms with Crippen molar-refractivity contribution in [2.75, 3.05) is 14.2 Å². The summed E-state index contributed by atoms with van der Waals surface area (Å²) in [6.45, 7) is 0. The van der Waals surface area contributed by atoms with Gasteiger partial charge in [-0.2, -0.15) is 0 Å². The SMILES string of the molecule is COc1ccc(-c2c3nc(c(-c4ccccc4)ccccc(-c4ccccc4)c4nc(c(-c5ccc(OC)cc5)c5ccc2[nH]5)C=C4)C=C3)cc1. The highest BCUT2D eigenvalue weighted by Gasteiger charge is 2.16. The first-order valence-electron chi connectivity index (χ1n) is 16.9. The highest BCUT2D eigenvalue weighted by molar-refractivity contribution is 5.96. The number of aromatic nitrogens is 3. The Morgan fingerprint density at radius 3 is 1.14 bits per heavy atom. The lowest BCUT2D eigenvalue weighted by molar-refractivity contribution is 0.415. The first-order valence-corrected chi connectivity index (χ1v) is 16.9. The lowest BCUT2D eigenvalue weighted by Crippen LogP contribution is -1.89. The van der Waals surface area contributed by atoms with E-state index in [9.17, 15) is 0 Å². The Balaban J connectivity index is 1.50. The number of hydrogen-bond donors (Lipinski definition) is 1. The van der Waals surface area contributed by atoms with E-state index in [2.05, 4.69) is 138 Å². The average Bonchev–Trinajstić information content (AvgIpc) is 3.98. The van der Waals surface area contributed by atoms with Crippen LogP contribution in [0.2, 0.25) is 0 Å². The predicted octanol–water partition coefficient (Wildman–Crippen LogP) is 11.4. The second-order valence-electron chi connectivity index (χ2n) is 12.2. The number of hydrogen-bond acceptors (Lipinski definition) is 4. The molecular formula is C46H35N3O2. The molecule has 0 fully saturated rings. The number of ether oxygens (including phenoxy) is 2. The molecule has 0 amide bonds. The van der Waals surface area contributed by atoms with Crippen molar-refractivity contribution in [3.8, 4) is 56.0 Å². The second-order valence-corrected chi connectivity index (χ2v) is 12.2. The van der Waals surface area contributed by atoms with Crippen LogP contribution < -0.4 is 9.47 Å². The average molecular weight is 662 g/mol. The zero-order valence-corrected chi connectivity index (χ0v) is 28.4. The van der Waals surface area contributed by atoms with Crippen molar-refractivity contribution in [1.29, 1.82) is 0 Å². The van der Waals surface area contributed by atoms with Gasteiger partial charge in [0.1, 0.15) is 11.5 Å². The van der Waals surface area contributed by atoms with Gasteiger partial charge >= 0.3 is 0 Å². The molecule has 8 rings (SSSR count). The molecule has 1 N–H and O–H groups in total. The number of benzene rings is 4. The maximum atomic E-state index is 5.51. The monoisotopic (exact) mass is 661 g/mol. The first-order chi connectivity index (χ1) is 25.2. The standard InChI is InChI=1S/C46H35N3O2/c1-50-35-21-17-33(18-22-35)45-41-27-25-39(47-41)37(31-11-5-3-6-12-31)15-9-10-16-38(32-13-7-4-8-14-32)40-26-28-42(48-40)46(44-30-29-43(45)49-44)34-19-23-36(51-2)24-20-34/h3-30,49H,1-2H3. The third-order valence-corrected chi connectivity index (χ3v) is 9.13. The quantitative estimate of drug-likeness (QED) is 0.193. The predicted molar refractivity (Wildman–Crippen MR) is 211 cm³/mol. The Bertz CT molecular complexity index is 2290. The lowest BCUT2D eigenvalue weighted by atomic mass is 10.0. The molecule has 2 aliphatic heterocycles. The molecule has 246 valence electrons. The molecule has 2 aromatic heterocycles. The molecule has 51 heavy (non-hydrogen) atoms. The highest BCUT2D eigenvalue weighted by Crippen LogP contribution is 2.36. The fraction of sp³-hybridized carbons (Fsp3) is 0.0435. The topological polar surface area (TPSA) is 60.0 Å². The van der Waals surface area contributed by atoms with Crippen molar-refractivity contribution in [3.63, 3.8) is 0 Å². The van der Waals surface area contributed by atoms with E-state index in [-0.39, 0.29) is 0 Å².